The third-order valence-electron chi connectivity index (χ3n) is 6.18. The largest absolute Gasteiger partial charge is 0.367 e. The fourth-order valence-electron chi connectivity index (χ4n) is 4.36. The van der Waals surface area contributed by atoms with Crippen molar-refractivity contribution in [2.24, 2.45) is 0 Å². The lowest BCUT2D eigenvalue weighted by molar-refractivity contribution is 0.0716. The molecule has 4 heterocycles. The van der Waals surface area contributed by atoms with Gasteiger partial charge in [-0.05, 0) is 38.2 Å². The molecule has 0 unspecified atom stereocenters. The van der Waals surface area contributed by atoms with E-state index in [-0.39, 0.29) is 11.9 Å². The number of likely N-dealkylation sites (tertiary alicyclic amines) is 1. The molecule has 0 spiro atoms. The van der Waals surface area contributed by atoms with Gasteiger partial charge in [-0.25, -0.2) is 4.98 Å². The maximum atomic E-state index is 12.9. The van der Waals surface area contributed by atoms with Crippen LogP contribution in [0, 0.1) is 13.8 Å². The van der Waals surface area contributed by atoms with Gasteiger partial charge in [0.2, 0.25) is 0 Å². The molecule has 0 aliphatic carbocycles. The predicted octanol–water partition coefficient (Wildman–Crippen LogP) is 2.63. The second kappa shape index (κ2) is 8.55. The van der Waals surface area contributed by atoms with Gasteiger partial charge < -0.3 is 14.7 Å². The molecule has 1 aliphatic rings. The summed E-state index contributed by atoms with van der Waals surface area (Å²) in [5.74, 6) is 1.41. The van der Waals surface area contributed by atoms with Gasteiger partial charge in [0.25, 0.3) is 5.91 Å². The number of aryl methyl sites for hydroxylation is 2. The number of fused-ring (bicyclic) bond motifs is 1. The van der Waals surface area contributed by atoms with Crippen LogP contribution in [0.25, 0.3) is 16.9 Å². The van der Waals surface area contributed by atoms with Gasteiger partial charge in [0.15, 0.2) is 5.65 Å². The van der Waals surface area contributed by atoms with Crippen LogP contribution in [0.4, 0.5) is 5.82 Å². The molecule has 1 aliphatic heterocycles. The average Bonchev–Trinajstić information content (AvgIpc) is 3.35. The normalized spacial score (nSPS) is 14.7. The third kappa shape index (κ3) is 3.97. The number of nitrogens with zero attached hydrogens (tertiary/aromatic N) is 5. The summed E-state index contributed by atoms with van der Waals surface area (Å²) in [5, 5.41) is 12.7. The first-order valence-corrected chi connectivity index (χ1v) is 11.4. The van der Waals surface area contributed by atoms with Crippen molar-refractivity contribution in [2.45, 2.75) is 32.7 Å². The zero-order chi connectivity index (χ0) is 23.1. The van der Waals surface area contributed by atoms with Gasteiger partial charge in [-0.3, -0.25) is 4.79 Å². The first-order chi connectivity index (χ1) is 15.9. The number of nitrogens with one attached hydrogen (secondary N) is 1. The Hall–Kier alpha value is -3.33. The number of hydrogen-bond acceptors (Lipinski definition) is 6. The van der Waals surface area contributed by atoms with Gasteiger partial charge in [-0.15, -0.1) is 0 Å². The summed E-state index contributed by atoms with van der Waals surface area (Å²) in [6, 6.07) is 9.89. The van der Waals surface area contributed by atoms with Crippen molar-refractivity contribution in [3.8, 4) is 11.3 Å². The molecule has 8 nitrogen and oxygen atoms in total. The molecule has 0 bridgehead atoms. The molecule has 0 saturated carbocycles. The number of carbonyl (C=O) groups excluding carboxylic acids is 1. The fourth-order valence-corrected chi connectivity index (χ4v) is 4.60. The van der Waals surface area contributed by atoms with Crippen molar-refractivity contribution < 1.29 is 9.32 Å². The van der Waals surface area contributed by atoms with Gasteiger partial charge in [-0.1, -0.05) is 35.0 Å². The molecule has 1 fully saturated rings. The zero-order valence-corrected chi connectivity index (χ0v) is 19.6. The van der Waals surface area contributed by atoms with Crippen molar-refractivity contribution in [3.63, 3.8) is 0 Å². The standard InChI is InChI=1S/C23H24BClN6O2/c1-13-21(14(2)33-29-13)23(32)30-9-7-15(8-10-30)27-20-11-19(16-5-3-4-6-18(16)25)28-22-17(24)12-26-31(20)22/h3-6,11-12,15,27H,7-10,24H2,1-2H3. The maximum Gasteiger partial charge on any atom is 0.259 e. The summed E-state index contributed by atoms with van der Waals surface area (Å²) >= 11 is 6.45. The van der Waals surface area contributed by atoms with Crippen molar-refractivity contribution in [2.75, 3.05) is 18.4 Å². The van der Waals surface area contributed by atoms with E-state index >= 15 is 0 Å². The molecule has 0 radical (unpaired) electrons. The van der Waals surface area contributed by atoms with Crippen LogP contribution in [0.1, 0.15) is 34.7 Å². The Labute approximate surface area is 197 Å². The van der Waals surface area contributed by atoms with Gasteiger partial charge in [0, 0.05) is 42.0 Å². The number of rotatable bonds is 4. The van der Waals surface area contributed by atoms with Gasteiger partial charge in [-0.2, -0.15) is 9.61 Å². The van der Waals surface area contributed by atoms with E-state index in [0.29, 0.717) is 35.1 Å². The molecular formula is C23H24BClN6O2. The number of piperidine rings is 1. The number of hydrogen-bond donors (Lipinski definition) is 1. The van der Waals surface area contributed by atoms with Crippen LogP contribution in [-0.2, 0) is 0 Å². The zero-order valence-electron chi connectivity index (χ0n) is 18.8. The minimum absolute atomic E-state index is 0.0142. The maximum absolute atomic E-state index is 12.9. The molecule has 10 heteroatoms. The van der Waals surface area contributed by atoms with E-state index < -0.39 is 0 Å². The van der Waals surface area contributed by atoms with Gasteiger partial charge in [0.1, 0.15) is 25.0 Å². The Kier molecular flexibility index (Phi) is 5.58. The van der Waals surface area contributed by atoms with Crippen molar-refractivity contribution >= 4 is 42.3 Å². The molecule has 33 heavy (non-hydrogen) atoms. The van der Waals surface area contributed by atoms with E-state index in [2.05, 4.69) is 15.6 Å². The van der Waals surface area contributed by atoms with Crippen LogP contribution in [0.3, 0.4) is 0 Å². The van der Waals surface area contributed by atoms with E-state index in [1.54, 1.807) is 13.8 Å². The highest BCUT2D eigenvalue weighted by molar-refractivity contribution is 6.36. The van der Waals surface area contributed by atoms with E-state index in [1.165, 1.54) is 0 Å². The molecular weight excluding hydrogens is 439 g/mol. The lowest BCUT2D eigenvalue weighted by Gasteiger charge is -2.33. The predicted molar refractivity (Wildman–Crippen MR) is 130 cm³/mol. The molecule has 1 amide bonds. The first kappa shape index (κ1) is 21.5. The molecule has 1 N–H and O–H groups in total. The SMILES string of the molecule is Bc1cnn2c(NC3CCN(C(=O)c4c(C)noc4C)CC3)cc(-c3ccccc3Cl)nc12. The molecule has 3 aromatic heterocycles. The molecule has 168 valence electrons. The fraction of sp³-hybridized carbons (Fsp3) is 0.304. The van der Waals surface area contributed by atoms with Crippen LogP contribution < -0.4 is 10.8 Å². The highest BCUT2D eigenvalue weighted by Gasteiger charge is 2.28. The average molecular weight is 463 g/mol. The minimum atomic E-state index is -0.0142. The van der Waals surface area contributed by atoms with Crippen LogP contribution in [0.5, 0.6) is 0 Å². The second-order valence-electron chi connectivity index (χ2n) is 8.48. The number of aromatic nitrogens is 4. The Bertz CT molecular complexity index is 1320. The summed E-state index contributed by atoms with van der Waals surface area (Å²) in [5.41, 5.74) is 4.68. The van der Waals surface area contributed by atoms with Crippen LogP contribution >= 0.6 is 11.6 Å². The number of anilines is 1. The summed E-state index contributed by atoms with van der Waals surface area (Å²) in [4.78, 5) is 19.6. The topological polar surface area (TPSA) is 88.6 Å². The minimum Gasteiger partial charge on any atom is -0.367 e. The smallest absolute Gasteiger partial charge is 0.259 e. The molecule has 4 aromatic rings. The lowest BCUT2D eigenvalue weighted by Crippen LogP contribution is -2.42. The Balaban J connectivity index is 1.37. The lowest BCUT2D eigenvalue weighted by atomic mass is 10.0. The second-order valence-corrected chi connectivity index (χ2v) is 8.89. The van der Waals surface area contributed by atoms with Gasteiger partial charge in [0.05, 0.1) is 11.4 Å². The number of carbonyl (C=O) groups is 1. The number of halogens is 1. The van der Waals surface area contributed by atoms with E-state index in [1.807, 2.05) is 53.8 Å². The Morgan fingerprint density at radius 2 is 2.00 bits per heavy atom. The van der Waals surface area contributed by atoms with E-state index in [0.717, 1.165) is 41.0 Å². The monoisotopic (exact) mass is 462 g/mol. The van der Waals surface area contributed by atoms with E-state index in [9.17, 15) is 4.79 Å². The van der Waals surface area contributed by atoms with Crippen molar-refractivity contribution in [3.05, 3.63) is 58.6 Å². The van der Waals surface area contributed by atoms with E-state index in [4.69, 9.17) is 21.1 Å². The summed E-state index contributed by atoms with van der Waals surface area (Å²) < 4.78 is 7.00. The number of amides is 1. The number of benzene rings is 1. The quantitative estimate of drug-likeness (QED) is 0.469. The molecule has 5 rings (SSSR count). The van der Waals surface area contributed by atoms with Gasteiger partial charge >= 0.3 is 0 Å². The molecule has 0 atom stereocenters. The third-order valence-corrected chi connectivity index (χ3v) is 6.51. The van der Waals surface area contributed by atoms with Crippen LogP contribution in [-0.4, -0.2) is 57.5 Å². The molecule has 1 aromatic carbocycles. The Morgan fingerprint density at radius 3 is 2.70 bits per heavy atom. The summed E-state index contributed by atoms with van der Waals surface area (Å²) in [6.07, 6.45) is 3.45. The Morgan fingerprint density at radius 1 is 1.24 bits per heavy atom. The van der Waals surface area contributed by atoms with Crippen LogP contribution in [0.2, 0.25) is 5.02 Å². The molecule has 1 saturated heterocycles. The van der Waals surface area contributed by atoms with Crippen molar-refractivity contribution in [1.82, 2.24) is 24.7 Å². The van der Waals surface area contributed by atoms with Crippen LogP contribution in [0.15, 0.2) is 41.1 Å². The highest BCUT2D eigenvalue weighted by Crippen LogP contribution is 2.29. The summed E-state index contributed by atoms with van der Waals surface area (Å²) in [7, 11) is 1.99. The summed E-state index contributed by atoms with van der Waals surface area (Å²) in [6.45, 7) is 4.89. The highest BCUT2D eigenvalue weighted by atomic mass is 35.5. The van der Waals surface area contributed by atoms with Crippen molar-refractivity contribution in [1.29, 1.82) is 0 Å². The first-order valence-electron chi connectivity index (χ1n) is 11.0.